The first-order chi connectivity index (χ1) is 19.3. The van der Waals surface area contributed by atoms with Gasteiger partial charge in [-0.3, -0.25) is 4.79 Å². The third-order valence-corrected chi connectivity index (χ3v) is 8.91. The lowest BCUT2D eigenvalue weighted by Crippen LogP contribution is -2.41. The van der Waals surface area contributed by atoms with Crippen molar-refractivity contribution in [2.75, 3.05) is 24.3 Å². The van der Waals surface area contributed by atoms with Crippen molar-refractivity contribution < 1.29 is 4.79 Å². The van der Waals surface area contributed by atoms with Crippen LogP contribution in [0.25, 0.3) is 10.9 Å². The molecule has 6 heteroatoms. The molecule has 2 aliphatic rings. The van der Waals surface area contributed by atoms with Gasteiger partial charge in [-0.25, -0.2) is 4.98 Å². The highest BCUT2D eigenvalue weighted by molar-refractivity contribution is 5.90. The second kappa shape index (κ2) is 10.6. The van der Waals surface area contributed by atoms with Gasteiger partial charge >= 0.3 is 0 Å². The zero-order valence-corrected chi connectivity index (χ0v) is 23.9. The largest absolute Gasteiger partial charge is 0.362 e. The average Bonchev–Trinajstić information content (AvgIpc) is 3.62. The number of aryl methyl sites for hydroxylation is 2. The van der Waals surface area contributed by atoms with Gasteiger partial charge in [-0.15, -0.1) is 0 Å². The molecule has 6 nitrogen and oxygen atoms in total. The lowest BCUT2D eigenvalue weighted by Gasteiger charge is -2.31. The molecule has 1 amide bonds. The minimum absolute atomic E-state index is 0.0971. The minimum Gasteiger partial charge on any atom is -0.362 e. The molecule has 206 valence electrons. The Hall–Kier alpha value is -3.93. The van der Waals surface area contributed by atoms with Gasteiger partial charge in [0.2, 0.25) is 11.9 Å². The fraction of sp³-hybridized carbons (Fsp3) is 0.382. The second-order valence-electron chi connectivity index (χ2n) is 12.1. The van der Waals surface area contributed by atoms with Crippen molar-refractivity contribution in [3.8, 4) is 0 Å². The third kappa shape index (κ3) is 5.27. The first-order valence-corrected chi connectivity index (χ1v) is 14.5. The first-order valence-electron chi connectivity index (χ1n) is 14.5. The van der Waals surface area contributed by atoms with E-state index in [0.717, 1.165) is 60.0 Å². The van der Waals surface area contributed by atoms with E-state index in [0.29, 0.717) is 12.0 Å². The summed E-state index contributed by atoms with van der Waals surface area (Å²) in [5.74, 6) is 1.44. The molecule has 2 aliphatic carbocycles. The summed E-state index contributed by atoms with van der Waals surface area (Å²) >= 11 is 0. The number of rotatable bonds is 7. The van der Waals surface area contributed by atoms with Crippen LogP contribution < -0.4 is 15.5 Å². The lowest BCUT2D eigenvalue weighted by molar-refractivity contribution is -0.122. The fourth-order valence-electron chi connectivity index (χ4n) is 6.36. The van der Waals surface area contributed by atoms with Gasteiger partial charge in [0.1, 0.15) is 5.82 Å². The van der Waals surface area contributed by atoms with Gasteiger partial charge in [-0.2, -0.15) is 4.98 Å². The van der Waals surface area contributed by atoms with E-state index in [1.807, 2.05) is 37.2 Å². The van der Waals surface area contributed by atoms with Gasteiger partial charge in [-0.1, -0.05) is 71.8 Å². The Labute approximate surface area is 237 Å². The molecule has 0 radical (unpaired) electrons. The molecule has 2 N–H and O–H groups in total. The molecular formula is C34H39N5O. The summed E-state index contributed by atoms with van der Waals surface area (Å²) in [6.45, 7) is 4.16. The van der Waals surface area contributed by atoms with Gasteiger partial charge in [0, 0.05) is 31.6 Å². The summed E-state index contributed by atoms with van der Waals surface area (Å²) in [6, 6.07) is 25.5. The standard InChI is InChI=1S/C34H39N5O/c1-22-9-13-24(14-10-22)30(25-15-11-23(2)12-16-25)32(40)35-26-17-19-34(20-18-26)21-29(34)37-33-36-28-8-6-5-7-27(28)31(38-33)39(3)4/h5-16,26,29-30H,17-21H2,1-4H3,(H,35,40)(H,36,37,38). The van der Waals surface area contributed by atoms with E-state index in [4.69, 9.17) is 9.97 Å². The molecule has 0 saturated heterocycles. The number of carbonyl (C=O) groups excluding carboxylic acids is 1. The quantitative estimate of drug-likeness (QED) is 0.289. The van der Waals surface area contributed by atoms with Gasteiger partial charge in [0.25, 0.3) is 0 Å². The number of nitrogens with zero attached hydrogens (tertiary/aromatic N) is 3. The van der Waals surface area contributed by atoms with Crippen LogP contribution in [0.3, 0.4) is 0 Å². The van der Waals surface area contributed by atoms with E-state index in [-0.39, 0.29) is 23.3 Å². The molecular weight excluding hydrogens is 494 g/mol. The smallest absolute Gasteiger partial charge is 0.232 e. The van der Waals surface area contributed by atoms with E-state index in [1.54, 1.807) is 0 Å². The van der Waals surface area contributed by atoms with Crippen molar-refractivity contribution in [2.45, 2.75) is 64.0 Å². The Morgan fingerprint density at radius 1 is 0.875 bits per heavy atom. The molecule has 6 rings (SSSR count). The number of benzene rings is 3. The highest BCUT2D eigenvalue weighted by Crippen LogP contribution is 2.57. The van der Waals surface area contributed by atoms with Crippen molar-refractivity contribution in [3.63, 3.8) is 0 Å². The summed E-state index contributed by atoms with van der Waals surface area (Å²) in [4.78, 5) is 25.4. The van der Waals surface area contributed by atoms with E-state index in [2.05, 4.69) is 79.1 Å². The summed E-state index contributed by atoms with van der Waals surface area (Å²) in [5.41, 5.74) is 5.72. The second-order valence-corrected chi connectivity index (χ2v) is 12.1. The molecule has 2 fully saturated rings. The summed E-state index contributed by atoms with van der Waals surface area (Å²) in [6.07, 6.45) is 5.34. The van der Waals surface area contributed by atoms with E-state index in [9.17, 15) is 4.79 Å². The molecule has 3 aromatic carbocycles. The van der Waals surface area contributed by atoms with Crippen molar-refractivity contribution in [1.82, 2.24) is 15.3 Å². The van der Waals surface area contributed by atoms with Crippen LogP contribution in [0.5, 0.6) is 0 Å². The Balaban J connectivity index is 1.11. The Morgan fingerprint density at radius 2 is 1.48 bits per heavy atom. The van der Waals surface area contributed by atoms with Crippen LogP contribution in [0.2, 0.25) is 0 Å². The van der Waals surface area contributed by atoms with Crippen molar-refractivity contribution >= 4 is 28.6 Å². The maximum Gasteiger partial charge on any atom is 0.232 e. The number of aromatic nitrogens is 2. The fourth-order valence-corrected chi connectivity index (χ4v) is 6.36. The Bertz CT molecular complexity index is 1460. The lowest BCUT2D eigenvalue weighted by atomic mass is 9.82. The third-order valence-electron chi connectivity index (χ3n) is 8.91. The van der Waals surface area contributed by atoms with Crippen molar-refractivity contribution in [2.24, 2.45) is 5.41 Å². The number of amides is 1. The van der Waals surface area contributed by atoms with Gasteiger partial charge in [0.05, 0.1) is 11.4 Å². The van der Waals surface area contributed by atoms with Gasteiger partial charge in [0.15, 0.2) is 0 Å². The zero-order chi connectivity index (χ0) is 27.9. The molecule has 2 saturated carbocycles. The number of nitrogens with one attached hydrogen (secondary N) is 2. The molecule has 0 aliphatic heterocycles. The molecule has 1 atom stereocenters. The van der Waals surface area contributed by atoms with E-state index in [1.165, 1.54) is 11.1 Å². The normalized spacial score (nSPS) is 21.9. The zero-order valence-electron chi connectivity index (χ0n) is 23.9. The maximum absolute atomic E-state index is 13.7. The Kier molecular flexibility index (Phi) is 6.95. The average molecular weight is 534 g/mol. The molecule has 40 heavy (non-hydrogen) atoms. The van der Waals surface area contributed by atoms with Gasteiger partial charge in [-0.05, 0) is 74.6 Å². The molecule has 0 bridgehead atoms. The highest BCUT2D eigenvalue weighted by atomic mass is 16.1. The van der Waals surface area contributed by atoms with Crippen molar-refractivity contribution in [1.29, 1.82) is 0 Å². The Morgan fingerprint density at radius 3 is 2.08 bits per heavy atom. The molecule has 4 aromatic rings. The predicted octanol–water partition coefficient (Wildman–Crippen LogP) is 6.37. The highest BCUT2D eigenvalue weighted by Gasteiger charge is 2.55. The molecule has 1 spiro atoms. The summed E-state index contributed by atoms with van der Waals surface area (Å²) in [5, 5.41) is 8.14. The minimum atomic E-state index is -0.302. The summed E-state index contributed by atoms with van der Waals surface area (Å²) < 4.78 is 0. The van der Waals surface area contributed by atoms with E-state index < -0.39 is 0 Å². The number of para-hydroxylation sites is 1. The molecule has 1 aromatic heterocycles. The molecule has 1 heterocycles. The number of carbonyl (C=O) groups is 1. The van der Waals surface area contributed by atoms with Crippen LogP contribution >= 0.6 is 0 Å². The van der Waals surface area contributed by atoms with Crippen LogP contribution in [0.15, 0.2) is 72.8 Å². The SMILES string of the molecule is Cc1ccc(C(C(=O)NC2CCC3(CC2)CC3Nc2nc(N(C)C)c3ccccc3n2)c2ccc(C)cc2)cc1. The van der Waals surface area contributed by atoms with Crippen LogP contribution in [0.4, 0.5) is 11.8 Å². The summed E-state index contributed by atoms with van der Waals surface area (Å²) in [7, 11) is 4.05. The number of hydrogen-bond donors (Lipinski definition) is 2. The van der Waals surface area contributed by atoms with Crippen LogP contribution in [-0.2, 0) is 4.79 Å². The maximum atomic E-state index is 13.7. The monoisotopic (exact) mass is 533 g/mol. The first kappa shape index (κ1) is 26.3. The van der Waals surface area contributed by atoms with E-state index >= 15 is 0 Å². The topological polar surface area (TPSA) is 70.2 Å². The number of fused-ring (bicyclic) bond motifs is 1. The number of hydrogen-bond acceptors (Lipinski definition) is 5. The van der Waals surface area contributed by atoms with Crippen LogP contribution in [-0.4, -0.2) is 42.1 Å². The van der Waals surface area contributed by atoms with Crippen LogP contribution in [0.1, 0.15) is 60.3 Å². The van der Waals surface area contributed by atoms with Gasteiger partial charge < -0.3 is 15.5 Å². The number of anilines is 2. The van der Waals surface area contributed by atoms with Crippen LogP contribution in [0, 0.1) is 19.3 Å². The van der Waals surface area contributed by atoms with Crippen molar-refractivity contribution in [3.05, 3.63) is 95.1 Å². The molecule has 1 unspecified atom stereocenters. The predicted molar refractivity (Wildman–Crippen MR) is 163 cm³/mol.